The summed E-state index contributed by atoms with van der Waals surface area (Å²) < 4.78 is 0. The van der Waals surface area contributed by atoms with Gasteiger partial charge in [-0.15, -0.1) is 0 Å². The summed E-state index contributed by atoms with van der Waals surface area (Å²) >= 11 is 6.27. The summed E-state index contributed by atoms with van der Waals surface area (Å²) in [4.78, 5) is 11.8. The molecule has 0 unspecified atom stereocenters. The van der Waals surface area contributed by atoms with E-state index in [1.54, 1.807) is 37.3 Å². The van der Waals surface area contributed by atoms with E-state index in [4.69, 9.17) is 11.6 Å². The smallest absolute Gasteiger partial charge is 0.164 e. The average molecular weight is 261 g/mol. The Hall–Kier alpha value is -1.80. The number of Topliss-reactive ketones (excluding diaryl/α,β-unsaturated/α-hetero) is 1. The van der Waals surface area contributed by atoms with E-state index < -0.39 is 0 Å². The highest BCUT2D eigenvalue weighted by Gasteiger charge is 2.12. The van der Waals surface area contributed by atoms with Gasteiger partial charge < -0.3 is 5.11 Å². The van der Waals surface area contributed by atoms with Crippen molar-refractivity contribution in [2.75, 3.05) is 0 Å². The molecule has 0 heterocycles. The number of carbonyl (C=O) groups excluding carboxylic acids is 1. The third-order valence-electron chi connectivity index (χ3n) is 2.78. The first-order chi connectivity index (χ1) is 8.63. The van der Waals surface area contributed by atoms with Gasteiger partial charge in [0, 0.05) is 17.5 Å². The zero-order valence-electron chi connectivity index (χ0n) is 9.98. The predicted molar refractivity (Wildman–Crippen MR) is 73.2 cm³/mol. The maximum Gasteiger partial charge on any atom is 0.164 e. The summed E-state index contributed by atoms with van der Waals surface area (Å²) in [6.07, 6.45) is 0.420. The van der Waals surface area contributed by atoms with Crippen LogP contribution in [0, 0.1) is 0 Å². The van der Waals surface area contributed by atoms with Gasteiger partial charge in [-0.3, -0.25) is 4.79 Å². The second-order valence-corrected chi connectivity index (χ2v) is 4.37. The van der Waals surface area contributed by atoms with Gasteiger partial charge in [0.1, 0.15) is 5.75 Å². The van der Waals surface area contributed by atoms with Crippen molar-refractivity contribution in [2.24, 2.45) is 0 Å². The molecule has 2 rings (SSSR count). The largest absolute Gasteiger partial charge is 0.508 e. The van der Waals surface area contributed by atoms with Crippen LogP contribution in [0.3, 0.4) is 0 Å². The van der Waals surface area contributed by atoms with E-state index in [-0.39, 0.29) is 11.5 Å². The van der Waals surface area contributed by atoms with Gasteiger partial charge in [-0.25, -0.2) is 0 Å². The molecule has 0 fully saturated rings. The van der Waals surface area contributed by atoms with Gasteiger partial charge in [-0.05, 0) is 23.8 Å². The van der Waals surface area contributed by atoms with Crippen molar-refractivity contribution in [3.8, 4) is 16.9 Å². The maximum absolute atomic E-state index is 11.8. The number of carbonyl (C=O) groups is 1. The maximum atomic E-state index is 11.8. The number of hydrogen-bond donors (Lipinski definition) is 1. The molecule has 0 spiro atoms. The highest BCUT2D eigenvalue weighted by molar-refractivity contribution is 6.36. The molecule has 0 amide bonds. The highest BCUT2D eigenvalue weighted by Crippen LogP contribution is 2.32. The highest BCUT2D eigenvalue weighted by atomic mass is 35.5. The molecule has 0 aromatic heterocycles. The second kappa shape index (κ2) is 5.23. The summed E-state index contributed by atoms with van der Waals surface area (Å²) in [6, 6.07) is 12.2. The lowest BCUT2D eigenvalue weighted by molar-refractivity contribution is 0.0988. The van der Waals surface area contributed by atoms with Gasteiger partial charge in [0.15, 0.2) is 5.78 Å². The van der Waals surface area contributed by atoms with Crippen molar-refractivity contribution in [3.63, 3.8) is 0 Å². The number of benzene rings is 2. The molecule has 0 radical (unpaired) electrons. The lowest BCUT2D eigenvalue weighted by atomic mass is 10.00. The van der Waals surface area contributed by atoms with Gasteiger partial charge >= 0.3 is 0 Å². The minimum atomic E-state index is 0.0157. The summed E-state index contributed by atoms with van der Waals surface area (Å²) in [5.41, 5.74) is 2.08. The van der Waals surface area contributed by atoms with Crippen LogP contribution >= 0.6 is 11.6 Å². The number of hydrogen-bond acceptors (Lipinski definition) is 2. The summed E-state index contributed by atoms with van der Waals surface area (Å²) in [6.45, 7) is 1.81. The van der Waals surface area contributed by atoms with Crippen LogP contribution in [0.2, 0.25) is 5.02 Å². The Morgan fingerprint density at radius 2 is 1.94 bits per heavy atom. The van der Waals surface area contributed by atoms with Crippen LogP contribution < -0.4 is 0 Å². The first-order valence-corrected chi connectivity index (χ1v) is 6.12. The van der Waals surface area contributed by atoms with Crippen molar-refractivity contribution in [2.45, 2.75) is 13.3 Å². The van der Waals surface area contributed by atoms with Gasteiger partial charge in [0.05, 0.1) is 5.02 Å². The molecule has 2 aromatic carbocycles. The topological polar surface area (TPSA) is 37.3 Å². The standard InChI is InChI=1S/C15H13ClO2/c1-2-14(18)13-8-4-7-12(15(13)16)10-5-3-6-11(17)9-10/h3-9,17H,2H2,1H3. The Morgan fingerprint density at radius 1 is 1.22 bits per heavy atom. The van der Waals surface area contributed by atoms with Gasteiger partial charge in [0.25, 0.3) is 0 Å². The van der Waals surface area contributed by atoms with Gasteiger partial charge in [-0.1, -0.05) is 42.8 Å². The first-order valence-electron chi connectivity index (χ1n) is 5.74. The fourth-order valence-corrected chi connectivity index (χ4v) is 2.17. The lowest BCUT2D eigenvalue weighted by Crippen LogP contribution is -1.98. The summed E-state index contributed by atoms with van der Waals surface area (Å²) in [7, 11) is 0. The van der Waals surface area contributed by atoms with Crippen LogP contribution in [0.25, 0.3) is 11.1 Å². The number of aromatic hydroxyl groups is 1. The molecule has 92 valence electrons. The van der Waals surface area contributed by atoms with Crippen molar-refractivity contribution in [1.82, 2.24) is 0 Å². The number of ketones is 1. The van der Waals surface area contributed by atoms with E-state index >= 15 is 0 Å². The van der Waals surface area contributed by atoms with Crippen LogP contribution in [0.15, 0.2) is 42.5 Å². The summed E-state index contributed by atoms with van der Waals surface area (Å²) in [5.74, 6) is 0.192. The Labute approximate surface area is 111 Å². The Kier molecular flexibility index (Phi) is 3.68. The normalized spacial score (nSPS) is 10.3. The number of halogens is 1. The van der Waals surface area contributed by atoms with Crippen LogP contribution in [0.5, 0.6) is 5.75 Å². The molecular weight excluding hydrogens is 248 g/mol. The molecule has 18 heavy (non-hydrogen) atoms. The van der Waals surface area contributed by atoms with Crippen molar-refractivity contribution in [3.05, 3.63) is 53.1 Å². The van der Waals surface area contributed by atoms with Crippen molar-refractivity contribution < 1.29 is 9.90 Å². The molecule has 0 aliphatic rings. The van der Waals surface area contributed by atoms with Crippen LogP contribution in [0.1, 0.15) is 23.7 Å². The minimum absolute atomic E-state index is 0.0157. The number of phenolic OH excluding ortho intramolecular Hbond substituents is 1. The molecule has 0 bridgehead atoms. The zero-order chi connectivity index (χ0) is 13.1. The minimum Gasteiger partial charge on any atom is -0.508 e. The third-order valence-corrected chi connectivity index (χ3v) is 3.18. The molecule has 2 nitrogen and oxygen atoms in total. The van der Waals surface area contributed by atoms with Gasteiger partial charge in [0.2, 0.25) is 0 Å². The second-order valence-electron chi connectivity index (χ2n) is 3.99. The molecule has 0 aliphatic carbocycles. The van der Waals surface area contributed by atoms with Crippen molar-refractivity contribution >= 4 is 17.4 Å². The quantitative estimate of drug-likeness (QED) is 0.835. The lowest BCUT2D eigenvalue weighted by Gasteiger charge is -2.08. The van der Waals surface area contributed by atoms with E-state index in [1.165, 1.54) is 0 Å². The molecule has 0 saturated heterocycles. The van der Waals surface area contributed by atoms with Gasteiger partial charge in [-0.2, -0.15) is 0 Å². The monoisotopic (exact) mass is 260 g/mol. The fraction of sp³-hybridized carbons (Fsp3) is 0.133. The Morgan fingerprint density at radius 3 is 2.61 bits per heavy atom. The Balaban J connectivity index is 2.56. The molecule has 0 saturated carbocycles. The SMILES string of the molecule is CCC(=O)c1cccc(-c2cccc(O)c2)c1Cl. The van der Waals surface area contributed by atoms with E-state index in [2.05, 4.69) is 0 Å². The van der Waals surface area contributed by atoms with Crippen LogP contribution in [-0.2, 0) is 0 Å². The average Bonchev–Trinajstić information content (AvgIpc) is 2.38. The first kappa shape index (κ1) is 12.7. The van der Waals surface area contributed by atoms with Crippen LogP contribution in [-0.4, -0.2) is 10.9 Å². The fourth-order valence-electron chi connectivity index (χ4n) is 1.83. The third kappa shape index (κ3) is 2.39. The van der Waals surface area contributed by atoms with E-state index in [1.807, 2.05) is 12.1 Å². The molecule has 0 atom stereocenters. The molecule has 1 N–H and O–H groups in total. The van der Waals surface area contributed by atoms with Crippen molar-refractivity contribution in [1.29, 1.82) is 0 Å². The van der Waals surface area contributed by atoms with E-state index in [0.29, 0.717) is 17.0 Å². The van der Waals surface area contributed by atoms with Crippen LogP contribution in [0.4, 0.5) is 0 Å². The molecule has 2 aromatic rings. The predicted octanol–water partition coefficient (Wildman–Crippen LogP) is 4.31. The zero-order valence-corrected chi connectivity index (χ0v) is 10.7. The molecule has 3 heteroatoms. The Bertz CT molecular complexity index is 591. The molecule has 0 aliphatic heterocycles. The summed E-state index contributed by atoms with van der Waals surface area (Å²) in [5, 5.41) is 9.92. The molecular formula is C15H13ClO2. The van der Waals surface area contributed by atoms with E-state index in [0.717, 1.165) is 11.1 Å². The number of rotatable bonds is 3. The number of phenols is 1. The van der Waals surface area contributed by atoms with E-state index in [9.17, 15) is 9.90 Å².